The van der Waals surface area contributed by atoms with Crippen molar-refractivity contribution in [2.45, 2.75) is 12.7 Å². The van der Waals surface area contributed by atoms with Crippen molar-refractivity contribution < 1.29 is 19.1 Å². The minimum absolute atomic E-state index is 0.174. The first kappa shape index (κ1) is 11.0. The average Bonchev–Trinajstić information content (AvgIpc) is 2.65. The standard InChI is InChI=1S/C13H11NO4/c15-11-5-6-12(16)14(11)9-1-3-10(4-2-9)18-13-7-8-17-13/h1-6,13H,7-8H2. The van der Waals surface area contributed by atoms with Crippen LogP contribution in [0.5, 0.6) is 5.75 Å². The lowest BCUT2D eigenvalue weighted by Crippen LogP contribution is -2.32. The van der Waals surface area contributed by atoms with Gasteiger partial charge in [-0.25, -0.2) is 4.90 Å². The molecule has 1 saturated heterocycles. The Hall–Kier alpha value is -2.14. The predicted molar refractivity (Wildman–Crippen MR) is 63.1 cm³/mol. The summed E-state index contributed by atoms with van der Waals surface area (Å²) in [5.41, 5.74) is 0.539. The zero-order chi connectivity index (χ0) is 12.5. The third-order valence-electron chi connectivity index (χ3n) is 2.83. The van der Waals surface area contributed by atoms with Gasteiger partial charge in [-0.1, -0.05) is 0 Å². The summed E-state index contributed by atoms with van der Waals surface area (Å²) in [4.78, 5) is 24.1. The van der Waals surface area contributed by atoms with Crippen LogP contribution in [0, 0.1) is 0 Å². The summed E-state index contributed by atoms with van der Waals surface area (Å²) in [5, 5.41) is 0. The molecule has 3 rings (SSSR count). The van der Waals surface area contributed by atoms with E-state index in [2.05, 4.69) is 0 Å². The number of anilines is 1. The van der Waals surface area contributed by atoms with Crippen LogP contribution in [0.25, 0.3) is 0 Å². The molecule has 0 aliphatic carbocycles. The molecular formula is C13H11NO4. The number of carbonyl (C=O) groups excluding carboxylic acids is 2. The van der Waals surface area contributed by atoms with Gasteiger partial charge in [0, 0.05) is 18.6 Å². The van der Waals surface area contributed by atoms with Gasteiger partial charge in [0.15, 0.2) is 0 Å². The molecule has 0 bridgehead atoms. The van der Waals surface area contributed by atoms with E-state index >= 15 is 0 Å². The SMILES string of the molecule is O=C1C=CC(=O)N1c1ccc(OC2CCO2)cc1. The van der Waals surface area contributed by atoms with Gasteiger partial charge in [0.05, 0.1) is 12.3 Å². The second-order valence-electron chi connectivity index (χ2n) is 4.05. The molecule has 18 heavy (non-hydrogen) atoms. The second kappa shape index (κ2) is 4.27. The zero-order valence-corrected chi connectivity index (χ0v) is 9.54. The molecule has 1 atom stereocenters. The fraction of sp³-hybridized carbons (Fsp3) is 0.231. The molecule has 2 amide bonds. The third-order valence-corrected chi connectivity index (χ3v) is 2.83. The Morgan fingerprint density at radius 2 is 1.72 bits per heavy atom. The number of ether oxygens (including phenoxy) is 2. The largest absolute Gasteiger partial charge is 0.465 e. The fourth-order valence-electron chi connectivity index (χ4n) is 1.79. The van der Waals surface area contributed by atoms with Gasteiger partial charge in [0.25, 0.3) is 11.8 Å². The number of amides is 2. The Bertz CT molecular complexity index is 498. The van der Waals surface area contributed by atoms with Crippen LogP contribution in [-0.4, -0.2) is 24.7 Å². The van der Waals surface area contributed by atoms with E-state index in [1.54, 1.807) is 24.3 Å². The first-order valence-electron chi connectivity index (χ1n) is 5.68. The van der Waals surface area contributed by atoms with Crippen molar-refractivity contribution in [3.8, 4) is 5.75 Å². The van der Waals surface area contributed by atoms with Crippen LogP contribution in [0.1, 0.15) is 6.42 Å². The molecule has 1 aromatic rings. The van der Waals surface area contributed by atoms with E-state index in [-0.39, 0.29) is 18.1 Å². The van der Waals surface area contributed by atoms with Gasteiger partial charge in [-0.15, -0.1) is 0 Å². The molecule has 5 nitrogen and oxygen atoms in total. The lowest BCUT2D eigenvalue weighted by molar-refractivity contribution is -0.165. The number of hydrogen-bond acceptors (Lipinski definition) is 4. The summed E-state index contributed by atoms with van der Waals surface area (Å²) in [6.07, 6.45) is 3.23. The van der Waals surface area contributed by atoms with Crippen molar-refractivity contribution >= 4 is 17.5 Å². The molecule has 0 aromatic heterocycles. The van der Waals surface area contributed by atoms with Crippen LogP contribution < -0.4 is 9.64 Å². The van der Waals surface area contributed by atoms with Crippen molar-refractivity contribution in [2.75, 3.05) is 11.5 Å². The van der Waals surface area contributed by atoms with Gasteiger partial charge in [-0.3, -0.25) is 9.59 Å². The van der Waals surface area contributed by atoms with E-state index < -0.39 is 0 Å². The second-order valence-corrected chi connectivity index (χ2v) is 4.05. The topological polar surface area (TPSA) is 55.8 Å². The van der Waals surface area contributed by atoms with Gasteiger partial charge >= 0.3 is 0 Å². The number of imide groups is 1. The summed E-state index contributed by atoms with van der Waals surface area (Å²) in [5.74, 6) is 0.0162. The van der Waals surface area contributed by atoms with Gasteiger partial charge < -0.3 is 9.47 Å². The number of hydrogen-bond donors (Lipinski definition) is 0. The van der Waals surface area contributed by atoms with Gasteiger partial charge in [0.1, 0.15) is 5.75 Å². The molecule has 5 heteroatoms. The lowest BCUT2D eigenvalue weighted by Gasteiger charge is -2.27. The van der Waals surface area contributed by atoms with Crippen molar-refractivity contribution in [2.24, 2.45) is 0 Å². The molecule has 92 valence electrons. The number of rotatable bonds is 3. The van der Waals surface area contributed by atoms with Crippen LogP contribution >= 0.6 is 0 Å². The molecule has 0 N–H and O–H groups in total. The summed E-state index contributed by atoms with van der Waals surface area (Å²) in [6, 6.07) is 6.79. The van der Waals surface area contributed by atoms with Crippen LogP contribution in [0.15, 0.2) is 36.4 Å². The van der Waals surface area contributed by atoms with Crippen molar-refractivity contribution in [3.05, 3.63) is 36.4 Å². The van der Waals surface area contributed by atoms with E-state index in [1.165, 1.54) is 12.2 Å². The number of benzene rings is 1. The van der Waals surface area contributed by atoms with E-state index in [0.29, 0.717) is 11.4 Å². The van der Waals surface area contributed by atoms with Gasteiger partial charge in [0.2, 0.25) is 6.29 Å². The van der Waals surface area contributed by atoms with Gasteiger partial charge in [-0.05, 0) is 24.3 Å². The normalized spacial score (nSPS) is 22.2. The molecule has 2 aliphatic heterocycles. The van der Waals surface area contributed by atoms with Crippen molar-refractivity contribution in [1.29, 1.82) is 0 Å². The Morgan fingerprint density at radius 3 is 2.22 bits per heavy atom. The molecule has 2 aliphatic rings. The smallest absolute Gasteiger partial charge is 0.258 e. The highest BCUT2D eigenvalue weighted by Crippen LogP contribution is 2.24. The Balaban J connectivity index is 1.74. The highest BCUT2D eigenvalue weighted by Gasteiger charge is 2.25. The predicted octanol–water partition coefficient (Wildman–Crippen LogP) is 1.24. The van der Waals surface area contributed by atoms with Crippen LogP contribution in [0.2, 0.25) is 0 Å². The molecule has 0 spiro atoms. The minimum Gasteiger partial charge on any atom is -0.465 e. The number of nitrogens with zero attached hydrogens (tertiary/aromatic N) is 1. The molecule has 2 heterocycles. The third kappa shape index (κ3) is 1.89. The Labute approximate surface area is 104 Å². The first-order chi connectivity index (χ1) is 8.74. The van der Waals surface area contributed by atoms with Crippen molar-refractivity contribution in [1.82, 2.24) is 0 Å². The molecule has 0 saturated carbocycles. The monoisotopic (exact) mass is 245 g/mol. The maximum atomic E-state index is 11.5. The van der Waals surface area contributed by atoms with E-state index in [9.17, 15) is 9.59 Å². The minimum atomic E-state index is -0.323. The van der Waals surface area contributed by atoms with Gasteiger partial charge in [-0.2, -0.15) is 0 Å². The lowest BCUT2D eigenvalue weighted by atomic mass is 10.2. The fourth-order valence-corrected chi connectivity index (χ4v) is 1.79. The molecule has 1 fully saturated rings. The average molecular weight is 245 g/mol. The molecule has 1 aromatic carbocycles. The van der Waals surface area contributed by atoms with Crippen LogP contribution in [0.3, 0.4) is 0 Å². The van der Waals surface area contributed by atoms with E-state index in [4.69, 9.17) is 9.47 Å². The quantitative estimate of drug-likeness (QED) is 0.752. The molecule has 0 radical (unpaired) electrons. The first-order valence-corrected chi connectivity index (χ1v) is 5.68. The summed E-state index contributed by atoms with van der Waals surface area (Å²) >= 11 is 0. The summed E-state index contributed by atoms with van der Waals surface area (Å²) in [7, 11) is 0. The Kier molecular flexibility index (Phi) is 2.60. The highest BCUT2D eigenvalue weighted by molar-refractivity contribution is 6.28. The number of carbonyl (C=O) groups is 2. The van der Waals surface area contributed by atoms with Crippen molar-refractivity contribution in [3.63, 3.8) is 0 Å². The van der Waals surface area contributed by atoms with Crippen LogP contribution in [0.4, 0.5) is 5.69 Å². The molecular weight excluding hydrogens is 234 g/mol. The summed E-state index contributed by atoms with van der Waals surface area (Å²) < 4.78 is 10.6. The molecule has 1 unspecified atom stereocenters. The van der Waals surface area contributed by atoms with Crippen LogP contribution in [-0.2, 0) is 14.3 Å². The maximum Gasteiger partial charge on any atom is 0.258 e. The van der Waals surface area contributed by atoms with E-state index in [1.807, 2.05) is 0 Å². The maximum absolute atomic E-state index is 11.5. The highest BCUT2D eigenvalue weighted by atomic mass is 16.7. The summed E-state index contributed by atoms with van der Waals surface area (Å²) in [6.45, 7) is 0.727. The Morgan fingerprint density at radius 1 is 1.11 bits per heavy atom. The van der Waals surface area contributed by atoms with E-state index in [0.717, 1.165) is 17.9 Å². The zero-order valence-electron chi connectivity index (χ0n) is 9.54.